The molecule has 2 aromatic carbocycles. The second kappa shape index (κ2) is 14.0. The van der Waals surface area contributed by atoms with Gasteiger partial charge in [-0.3, -0.25) is 24.0 Å². The molecule has 12 nitrogen and oxygen atoms in total. The number of esters is 4. The predicted molar refractivity (Wildman–Crippen MR) is 140 cm³/mol. The van der Waals surface area contributed by atoms with Crippen LogP contribution < -0.4 is 4.74 Å². The highest BCUT2D eigenvalue weighted by atomic mass is 35.5. The van der Waals surface area contributed by atoms with E-state index >= 15 is 0 Å². The molecule has 0 radical (unpaired) electrons. The number of phenols is 1. The third-order valence-electron chi connectivity index (χ3n) is 5.75. The number of carbonyl (C=O) groups excluding carboxylic acids is 5. The van der Waals surface area contributed by atoms with Gasteiger partial charge in [0.1, 0.15) is 24.2 Å². The van der Waals surface area contributed by atoms with E-state index in [4.69, 9.17) is 40.0 Å². The Kier molecular flexibility index (Phi) is 10.7. The molecule has 13 heteroatoms. The summed E-state index contributed by atoms with van der Waals surface area (Å²) < 4.78 is 32.8. The van der Waals surface area contributed by atoms with Crippen molar-refractivity contribution < 1.29 is 57.5 Å². The van der Waals surface area contributed by atoms with Gasteiger partial charge in [-0.05, 0) is 29.8 Å². The predicted octanol–water partition coefficient (Wildman–Crippen LogP) is 2.93. The van der Waals surface area contributed by atoms with Gasteiger partial charge in [-0.25, -0.2) is 0 Å². The summed E-state index contributed by atoms with van der Waals surface area (Å²) in [4.78, 5) is 60.1. The van der Waals surface area contributed by atoms with Gasteiger partial charge in [-0.2, -0.15) is 0 Å². The van der Waals surface area contributed by atoms with Gasteiger partial charge in [0.2, 0.25) is 12.4 Å². The minimum absolute atomic E-state index is 0.00459. The summed E-state index contributed by atoms with van der Waals surface area (Å²) in [5, 5.41) is 11.1. The third-order valence-corrected chi connectivity index (χ3v) is 6.00. The molecule has 0 amide bonds. The fourth-order valence-corrected chi connectivity index (χ4v) is 4.25. The number of halogens is 1. The Hall–Kier alpha value is -4.16. The fraction of sp³-hybridized carbons (Fsp3) is 0.393. The molecule has 0 bridgehead atoms. The van der Waals surface area contributed by atoms with Crippen LogP contribution >= 0.6 is 11.6 Å². The van der Waals surface area contributed by atoms with E-state index in [1.165, 1.54) is 12.1 Å². The number of hydrogen-bond acceptors (Lipinski definition) is 12. The summed E-state index contributed by atoms with van der Waals surface area (Å²) >= 11 is 5.89. The van der Waals surface area contributed by atoms with E-state index < -0.39 is 66.9 Å². The van der Waals surface area contributed by atoms with Gasteiger partial charge in [-0.1, -0.05) is 23.7 Å². The van der Waals surface area contributed by atoms with Crippen molar-refractivity contribution in [3.8, 4) is 11.5 Å². The summed E-state index contributed by atoms with van der Waals surface area (Å²) in [7, 11) is 0. The van der Waals surface area contributed by atoms with Crippen LogP contribution in [-0.4, -0.2) is 72.1 Å². The molecule has 0 saturated carbocycles. The number of rotatable bonds is 10. The van der Waals surface area contributed by atoms with Crippen molar-refractivity contribution in [1.82, 2.24) is 0 Å². The lowest BCUT2D eigenvalue weighted by Gasteiger charge is -2.43. The zero-order valence-electron chi connectivity index (χ0n) is 22.7. The van der Waals surface area contributed by atoms with Gasteiger partial charge in [0, 0.05) is 45.2 Å². The Labute approximate surface area is 240 Å². The molecule has 41 heavy (non-hydrogen) atoms. The molecule has 1 saturated heterocycles. The van der Waals surface area contributed by atoms with Crippen LogP contribution in [-0.2, 0) is 49.3 Å². The molecule has 1 heterocycles. The number of benzene rings is 2. The molecular formula is C28H29ClO12. The summed E-state index contributed by atoms with van der Waals surface area (Å²) in [6.45, 7) is 4.03. The first-order chi connectivity index (χ1) is 19.3. The highest BCUT2D eigenvalue weighted by Crippen LogP contribution is 2.33. The topological polar surface area (TPSA) is 161 Å². The number of phenolic OH excluding ortho intramolecular Hbond substituents is 1. The number of hydrogen-bond donors (Lipinski definition) is 1. The highest BCUT2D eigenvalue weighted by Gasteiger charge is 2.53. The van der Waals surface area contributed by atoms with Crippen molar-refractivity contribution in [2.24, 2.45) is 0 Å². The van der Waals surface area contributed by atoms with Crippen LogP contribution in [0.3, 0.4) is 0 Å². The first-order valence-electron chi connectivity index (χ1n) is 12.4. The molecule has 1 aliphatic heterocycles. The zero-order valence-corrected chi connectivity index (χ0v) is 23.4. The lowest BCUT2D eigenvalue weighted by molar-refractivity contribution is -0.288. The standard InChI is InChI=1S/C28H29ClO12/c1-14(30)36-13-24-25(37-15(2)31)26(38-16(3)32)27(39-17(4)33)28(41-24)40-20-9-10-21(23(35)12-20)22(34)11-18-5-7-19(29)8-6-18/h5-10,12,24-28,35H,11,13H2,1-4H3/t24-,25-,26+,27-,28+/m0/s1. The average Bonchev–Trinajstić information content (AvgIpc) is 2.87. The number of aromatic hydroxyl groups is 1. The van der Waals surface area contributed by atoms with E-state index in [0.29, 0.717) is 10.6 Å². The Morgan fingerprint density at radius 1 is 0.805 bits per heavy atom. The van der Waals surface area contributed by atoms with E-state index in [-0.39, 0.29) is 23.5 Å². The first-order valence-corrected chi connectivity index (χ1v) is 12.8. The van der Waals surface area contributed by atoms with Crippen LogP contribution in [0.5, 0.6) is 11.5 Å². The van der Waals surface area contributed by atoms with Crippen molar-refractivity contribution >= 4 is 41.3 Å². The zero-order chi connectivity index (χ0) is 30.3. The minimum atomic E-state index is -1.49. The molecule has 0 aliphatic carbocycles. The molecule has 0 aromatic heterocycles. The van der Waals surface area contributed by atoms with Gasteiger partial charge in [0.15, 0.2) is 18.0 Å². The number of carbonyl (C=O) groups is 5. The maximum Gasteiger partial charge on any atom is 0.303 e. The van der Waals surface area contributed by atoms with Gasteiger partial charge in [0.25, 0.3) is 0 Å². The van der Waals surface area contributed by atoms with Gasteiger partial charge in [0.05, 0.1) is 5.56 Å². The third kappa shape index (κ3) is 8.92. The van der Waals surface area contributed by atoms with E-state index in [1.54, 1.807) is 24.3 Å². The summed E-state index contributed by atoms with van der Waals surface area (Å²) in [6, 6.07) is 10.6. The van der Waals surface area contributed by atoms with Crippen molar-refractivity contribution in [3.63, 3.8) is 0 Å². The largest absolute Gasteiger partial charge is 0.507 e. The molecule has 1 N–H and O–H groups in total. The van der Waals surface area contributed by atoms with Gasteiger partial charge < -0.3 is 33.5 Å². The molecule has 0 unspecified atom stereocenters. The second-order valence-corrected chi connectivity index (χ2v) is 9.53. The van der Waals surface area contributed by atoms with Crippen molar-refractivity contribution in [2.75, 3.05) is 6.61 Å². The van der Waals surface area contributed by atoms with E-state index in [2.05, 4.69) is 0 Å². The molecule has 220 valence electrons. The Bertz CT molecular complexity index is 1290. The van der Waals surface area contributed by atoms with Crippen molar-refractivity contribution in [1.29, 1.82) is 0 Å². The smallest absolute Gasteiger partial charge is 0.303 e. The lowest BCUT2D eigenvalue weighted by atomic mass is 9.98. The Morgan fingerprint density at radius 3 is 1.95 bits per heavy atom. The van der Waals surface area contributed by atoms with Gasteiger partial charge in [-0.15, -0.1) is 0 Å². The molecule has 3 rings (SSSR count). The number of ether oxygens (including phenoxy) is 6. The van der Waals surface area contributed by atoms with E-state index in [0.717, 1.165) is 33.8 Å². The van der Waals surface area contributed by atoms with Crippen LogP contribution in [0.25, 0.3) is 0 Å². The van der Waals surface area contributed by atoms with Crippen LogP contribution in [0.4, 0.5) is 0 Å². The normalized spacial score (nSPS) is 21.7. The summed E-state index contributed by atoms with van der Waals surface area (Å²) in [6.07, 6.45) is -6.93. The van der Waals surface area contributed by atoms with Crippen LogP contribution in [0.2, 0.25) is 5.02 Å². The summed E-state index contributed by atoms with van der Waals surface area (Å²) in [5.74, 6) is -3.80. The van der Waals surface area contributed by atoms with Crippen molar-refractivity contribution in [2.45, 2.75) is 64.8 Å². The van der Waals surface area contributed by atoms with Crippen LogP contribution in [0, 0.1) is 0 Å². The van der Waals surface area contributed by atoms with Crippen LogP contribution in [0.15, 0.2) is 42.5 Å². The second-order valence-electron chi connectivity index (χ2n) is 9.09. The highest BCUT2D eigenvalue weighted by molar-refractivity contribution is 6.30. The monoisotopic (exact) mass is 592 g/mol. The van der Waals surface area contributed by atoms with Gasteiger partial charge >= 0.3 is 23.9 Å². The molecular weight excluding hydrogens is 564 g/mol. The van der Waals surface area contributed by atoms with Crippen molar-refractivity contribution in [3.05, 3.63) is 58.6 Å². The quantitative estimate of drug-likeness (QED) is 0.244. The fourth-order valence-electron chi connectivity index (χ4n) is 4.12. The van der Waals surface area contributed by atoms with E-state index in [9.17, 15) is 29.1 Å². The maximum absolute atomic E-state index is 12.8. The molecule has 2 aromatic rings. The SMILES string of the molecule is CC(=O)OC[C@@H]1O[C@@H](Oc2ccc(C(=O)Cc3ccc(Cl)cc3)c(O)c2)[C@@H](OC(C)=O)[C@H](OC(C)=O)[C@H]1OC(C)=O. The lowest BCUT2D eigenvalue weighted by Crippen LogP contribution is -2.63. The molecule has 5 atom stereocenters. The Morgan fingerprint density at radius 2 is 1.39 bits per heavy atom. The molecule has 0 spiro atoms. The first kappa shape index (κ1) is 31.4. The van der Waals surface area contributed by atoms with E-state index in [1.807, 2.05) is 0 Å². The van der Waals surface area contributed by atoms with Crippen LogP contribution in [0.1, 0.15) is 43.6 Å². The Balaban J connectivity index is 1.90. The minimum Gasteiger partial charge on any atom is -0.507 e. The maximum atomic E-state index is 12.8. The molecule has 1 fully saturated rings. The number of Topliss-reactive ketones (excluding diaryl/α,β-unsaturated/α-hetero) is 1. The molecule has 1 aliphatic rings. The summed E-state index contributed by atoms with van der Waals surface area (Å²) in [5.41, 5.74) is 0.713. The average molecular weight is 593 g/mol. The number of ketones is 1.